The molecule has 160 valence electrons. The number of carbonyl (C=O) groups is 1. The average Bonchev–Trinajstić information content (AvgIpc) is 2.78. The molecule has 1 unspecified atom stereocenters. The quantitative estimate of drug-likeness (QED) is 0.593. The molecule has 1 atom stereocenters. The van der Waals surface area contributed by atoms with Crippen molar-refractivity contribution in [1.82, 2.24) is 0 Å². The third-order valence-corrected chi connectivity index (χ3v) is 7.66. The zero-order valence-corrected chi connectivity index (χ0v) is 18.8. The Kier molecular flexibility index (Phi) is 5.58. The summed E-state index contributed by atoms with van der Waals surface area (Å²) in [4.78, 5) is 15.3. The van der Waals surface area contributed by atoms with E-state index in [1.54, 1.807) is 29.2 Å². The van der Waals surface area contributed by atoms with Gasteiger partial charge in [-0.1, -0.05) is 42.0 Å². The molecule has 1 aliphatic heterocycles. The van der Waals surface area contributed by atoms with Gasteiger partial charge < -0.3 is 4.90 Å². The predicted molar refractivity (Wildman–Crippen MR) is 124 cm³/mol. The lowest BCUT2D eigenvalue weighted by atomic mass is 9.96. The fourth-order valence-corrected chi connectivity index (χ4v) is 5.22. The van der Waals surface area contributed by atoms with Crippen LogP contribution in [0.3, 0.4) is 0 Å². The maximum absolute atomic E-state index is 13.4. The first kappa shape index (κ1) is 21.1. The molecule has 0 N–H and O–H groups in total. The lowest BCUT2D eigenvalue weighted by Gasteiger charge is -2.35. The van der Waals surface area contributed by atoms with Gasteiger partial charge in [0.05, 0.1) is 10.6 Å². The number of amides is 1. The fourth-order valence-electron chi connectivity index (χ4n) is 3.98. The van der Waals surface area contributed by atoms with E-state index in [0.29, 0.717) is 11.3 Å². The van der Waals surface area contributed by atoms with Gasteiger partial charge in [-0.2, -0.15) is 0 Å². The van der Waals surface area contributed by atoms with Crippen molar-refractivity contribution in [2.75, 3.05) is 16.3 Å². The van der Waals surface area contributed by atoms with E-state index in [1.807, 2.05) is 50.2 Å². The van der Waals surface area contributed by atoms with Gasteiger partial charge in [-0.15, -0.1) is 0 Å². The Labute approximate surface area is 184 Å². The summed E-state index contributed by atoms with van der Waals surface area (Å²) >= 11 is 0. The van der Waals surface area contributed by atoms with Gasteiger partial charge >= 0.3 is 0 Å². The maximum Gasteiger partial charge on any atom is 0.264 e. The van der Waals surface area contributed by atoms with E-state index in [0.717, 1.165) is 29.7 Å². The van der Waals surface area contributed by atoms with Crippen LogP contribution >= 0.6 is 0 Å². The molecule has 0 saturated heterocycles. The monoisotopic (exact) mass is 434 g/mol. The molecule has 4 rings (SSSR count). The van der Waals surface area contributed by atoms with Crippen LogP contribution in [-0.4, -0.2) is 27.4 Å². The molecule has 1 heterocycles. The molecular formula is C25H26N2O3S. The van der Waals surface area contributed by atoms with E-state index in [9.17, 15) is 13.2 Å². The van der Waals surface area contributed by atoms with E-state index in [4.69, 9.17) is 0 Å². The normalized spacial score (nSPS) is 16.0. The van der Waals surface area contributed by atoms with Crippen molar-refractivity contribution in [3.63, 3.8) is 0 Å². The Hall–Kier alpha value is -3.12. The van der Waals surface area contributed by atoms with Crippen LogP contribution in [0.5, 0.6) is 0 Å². The Balaban J connectivity index is 1.68. The molecule has 0 bridgehead atoms. The number of carbonyl (C=O) groups excluding carboxylic acids is 1. The molecule has 0 aliphatic carbocycles. The van der Waals surface area contributed by atoms with Crippen molar-refractivity contribution in [2.45, 2.75) is 37.6 Å². The smallest absolute Gasteiger partial charge is 0.264 e. The van der Waals surface area contributed by atoms with Gasteiger partial charge in [0.2, 0.25) is 0 Å². The number of hydrogen-bond donors (Lipinski definition) is 0. The summed E-state index contributed by atoms with van der Waals surface area (Å²) in [6.45, 7) is 3.98. The highest BCUT2D eigenvalue weighted by Gasteiger charge is 2.30. The second-order valence-corrected chi connectivity index (χ2v) is 10.00. The van der Waals surface area contributed by atoms with Crippen molar-refractivity contribution >= 4 is 27.3 Å². The number of benzene rings is 3. The Morgan fingerprint density at radius 1 is 1.00 bits per heavy atom. The van der Waals surface area contributed by atoms with Gasteiger partial charge in [-0.3, -0.25) is 9.10 Å². The molecule has 6 heteroatoms. The van der Waals surface area contributed by atoms with Crippen LogP contribution in [0.15, 0.2) is 77.7 Å². The highest BCUT2D eigenvalue weighted by Crippen LogP contribution is 2.32. The number of para-hydroxylation sites is 1. The second kappa shape index (κ2) is 8.19. The molecule has 3 aromatic carbocycles. The lowest BCUT2D eigenvalue weighted by molar-refractivity contribution is 0.0975. The van der Waals surface area contributed by atoms with E-state index in [2.05, 4.69) is 0 Å². The maximum atomic E-state index is 13.4. The molecule has 1 aliphatic rings. The molecule has 5 nitrogen and oxygen atoms in total. The SMILES string of the molecule is Cc1ccc(N(C)S(=O)(=O)c2cccc(C(=O)N3c4ccccc4CCC3C)c2)cc1. The summed E-state index contributed by atoms with van der Waals surface area (Å²) in [7, 11) is -2.28. The first-order valence-electron chi connectivity index (χ1n) is 10.4. The third kappa shape index (κ3) is 3.95. The summed E-state index contributed by atoms with van der Waals surface area (Å²) in [5, 5.41) is 0. The number of nitrogens with zero attached hydrogens (tertiary/aromatic N) is 2. The van der Waals surface area contributed by atoms with Gasteiger partial charge in [0.25, 0.3) is 15.9 Å². The van der Waals surface area contributed by atoms with Crippen LogP contribution in [0, 0.1) is 6.92 Å². The van der Waals surface area contributed by atoms with Crippen LogP contribution in [0.2, 0.25) is 0 Å². The Morgan fingerprint density at radius 3 is 2.45 bits per heavy atom. The summed E-state index contributed by atoms with van der Waals surface area (Å²) < 4.78 is 27.7. The molecule has 3 aromatic rings. The molecule has 1 amide bonds. The number of sulfonamides is 1. The van der Waals surface area contributed by atoms with Crippen molar-refractivity contribution in [2.24, 2.45) is 0 Å². The molecular weight excluding hydrogens is 408 g/mol. The van der Waals surface area contributed by atoms with E-state index in [1.165, 1.54) is 23.5 Å². The Morgan fingerprint density at radius 2 is 1.71 bits per heavy atom. The fraction of sp³-hybridized carbons (Fsp3) is 0.240. The van der Waals surface area contributed by atoms with Gasteiger partial charge in [0.1, 0.15) is 0 Å². The van der Waals surface area contributed by atoms with E-state index in [-0.39, 0.29) is 16.8 Å². The molecule has 0 aromatic heterocycles. The van der Waals surface area contributed by atoms with Crippen LogP contribution in [-0.2, 0) is 16.4 Å². The molecule has 0 fully saturated rings. The van der Waals surface area contributed by atoms with Gasteiger partial charge in [0, 0.05) is 24.3 Å². The zero-order chi connectivity index (χ0) is 22.2. The van der Waals surface area contributed by atoms with Crippen molar-refractivity contribution in [3.05, 3.63) is 89.5 Å². The number of aryl methyl sites for hydroxylation is 2. The molecule has 0 radical (unpaired) electrons. The first-order valence-corrected chi connectivity index (χ1v) is 11.8. The lowest BCUT2D eigenvalue weighted by Crippen LogP contribution is -2.42. The number of fused-ring (bicyclic) bond motifs is 1. The van der Waals surface area contributed by atoms with Crippen molar-refractivity contribution in [3.8, 4) is 0 Å². The van der Waals surface area contributed by atoms with Crippen LogP contribution in [0.25, 0.3) is 0 Å². The van der Waals surface area contributed by atoms with Crippen LogP contribution < -0.4 is 9.21 Å². The largest absolute Gasteiger partial charge is 0.305 e. The van der Waals surface area contributed by atoms with Crippen LogP contribution in [0.4, 0.5) is 11.4 Å². The highest BCUT2D eigenvalue weighted by atomic mass is 32.2. The van der Waals surface area contributed by atoms with Crippen molar-refractivity contribution < 1.29 is 13.2 Å². The summed E-state index contributed by atoms with van der Waals surface area (Å²) in [5.41, 5.74) is 4.02. The summed E-state index contributed by atoms with van der Waals surface area (Å²) in [6, 6.07) is 21.5. The molecule has 31 heavy (non-hydrogen) atoms. The minimum Gasteiger partial charge on any atom is -0.305 e. The second-order valence-electron chi connectivity index (χ2n) is 8.03. The minimum absolute atomic E-state index is 0.0397. The highest BCUT2D eigenvalue weighted by molar-refractivity contribution is 7.92. The minimum atomic E-state index is -3.80. The molecule has 0 saturated carbocycles. The summed E-state index contributed by atoms with van der Waals surface area (Å²) in [5.74, 6) is -0.185. The number of anilines is 2. The third-order valence-electron chi connectivity index (χ3n) is 5.88. The Bertz CT molecular complexity index is 1220. The zero-order valence-electron chi connectivity index (χ0n) is 17.9. The predicted octanol–water partition coefficient (Wildman–Crippen LogP) is 4.80. The topological polar surface area (TPSA) is 57.7 Å². The standard InChI is InChI=1S/C25H26N2O3S/c1-18-11-15-22(16-12-18)26(3)31(29,30)23-9-6-8-21(17-23)25(28)27-19(2)13-14-20-7-4-5-10-24(20)27/h4-12,15-17,19H,13-14H2,1-3H3. The van der Waals surface area contributed by atoms with Gasteiger partial charge in [0.15, 0.2) is 0 Å². The van der Waals surface area contributed by atoms with Crippen molar-refractivity contribution in [1.29, 1.82) is 0 Å². The molecule has 0 spiro atoms. The number of hydrogen-bond acceptors (Lipinski definition) is 3. The number of rotatable bonds is 4. The van der Waals surface area contributed by atoms with Crippen LogP contribution in [0.1, 0.15) is 34.8 Å². The van der Waals surface area contributed by atoms with E-state index < -0.39 is 10.0 Å². The van der Waals surface area contributed by atoms with Gasteiger partial charge in [-0.25, -0.2) is 8.42 Å². The first-order chi connectivity index (χ1) is 14.8. The van der Waals surface area contributed by atoms with E-state index >= 15 is 0 Å². The average molecular weight is 435 g/mol. The summed E-state index contributed by atoms with van der Waals surface area (Å²) in [6.07, 6.45) is 1.80. The van der Waals surface area contributed by atoms with Gasteiger partial charge in [-0.05, 0) is 68.7 Å².